The van der Waals surface area contributed by atoms with E-state index in [-0.39, 0.29) is 0 Å². The third kappa shape index (κ3) is 11.1. The standard InChI is InChI=1S/C19H39N.CHN/c1-3-5-6-7-8-9-10-11-13-17-20-18-14-12-16-19(20)15-4-2;1-2/h19H,3-18H2,1-2H3;1H. The maximum absolute atomic E-state index is 6.50. The Hall–Kier alpha value is -0.550. The smallest absolute Gasteiger partial charge is 0.0462 e. The van der Waals surface area contributed by atoms with Crippen molar-refractivity contribution in [3.8, 4) is 6.57 Å². The minimum atomic E-state index is 0.919. The second-order valence-electron chi connectivity index (χ2n) is 6.80. The minimum absolute atomic E-state index is 0.919. The van der Waals surface area contributed by atoms with Gasteiger partial charge in [0.1, 0.15) is 0 Å². The van der Waals surface area contributed by atoms with Gasteiger partial charge in [-0.25, -0.2) is 5.26 Å². The minimum Gasteiger partial charge on any atom is -0.300 e. The van der Waals surface area contributed by atoms with Crippen molar-refractivity contribution >= 4 is 0 Å². The Bertz CT molecular complexity index is 235. The predicted octanol–water partition coefficient (Wildman–Crippen LogP) is 6.31. The Kier molecular flexibility index (Phi) is 16.4. The molecule has 0 aromatic heterocycles. The molecule has 0 amide bonds. The van der Waals surface area contributed by atoms with Crippen molar-refractivity contribution in [1.82, 2.24) is 4.90 Å². The molecule has 0 bridgehead atoms. The number of piperidine rings is 1. The molecule has 0 aromatic rings. The van der Waals surface area contributed by atoms with Gasteiger partial charge >= 0.3 is 0 Å². The number of rotatable bonds is 12. The zero-order chi connectivity index (χ0) is 16.5. The molecule has 1 heterocycles. The average Bonchev–Trinajstić information content (AvgIpc) is 2.57. The van der Waals surface area contributed by atoms with Crippen molar-refractivity contribution in [2.75, 3.05) is 13.1 Å². The first kappa shape index (κ1) is 21.4. The van der Waals surface area contributed by atoms with Crippen LogP contribution in [0.4, 0.5) is 0 Å². The van der Waals surface area contributed by atoms with Gasteiger partial charge in [-0.15, -0.1) is 0 Å². The zero-order valence-electron chi connectivity index (χ0n) is 15.4. The maximum Gasteiger partial charge on any atom is 0.0462 e. The molecule has 0 N–H and O–H groups in total. The highest BCUT2D eigenvalue weighted by Crippen LogP contribution is 2.21. The van der Waals surface area contributed by atoms with Gasteiger partial charge in [-0.2, -0.15) is 0 Å². The Morgan fingerprint density at radius 2 is 1.41 bits per heavy atom. The van der Waals surface area contributed by atoms with E-state index in [1.807, 2.05) is 0 Å². The Labute approximate surface area is 140 Å². The second-order valence-corrected chi connectivity index (χ2v) is 6.80. The van der Waals surface area contributed by atoms with Crippen molar-refractivity contribution < 1.29 is 0 Å². The summed E-state index contributed by atoms with van der Waals surface area (Å²) < 4.78 is 0. The van der Waals surface area contributed by atoms with Gasteiger partial charge in [0, 0.05) is 12.6 Å². The van der Waals surface area contributed by atoms with Crippen LogP contribution < -0.4 is 0 Å². The lowest BCUT2D eigenvalue weighted by Gasteiger charge is -2.35. The van der Waals surface area contributed by atoms with E-state index in [1.165, 1.54) is 103 Å². The van der Waals surface area contributed by atoms with Crippen LogP contribution in [0.5, 0.6) is 0 Å². The second kappa shape index (κ2) is 16.8. The molecule has 0 aromatic carbocycles. The molecule has 1 rings (SSSR count). The van der Waals surface area contributed by atoms with Crippen molar-refractivity contribution in [3.63, 3.8) is 0 Å². The molecule has 1 unspecified atom stereocenters. The molecular formula is C20H40N2. The van der Waals surface area contributed by atoms with Crippen LogP contribution in [-0.2, 0) is 0 Å². The fourth-order valence-corrected chi connectivity index (χ4v) is 3.64. The number of unbranched alkanes of at least 4 members (excludes halogenated alkanes) is 8. The highest BCUT2D eigenvalue weighted by Gasteiger charge is 2.20. The van der Waals surface area contributed by atoms with Gasteiger partial charge in [-0.05, 0) is 38.8 Å². The quantitative estimate of drug-likeness (QED) is 0.395. The van der Waals surface area contributed by atoms with Crippen molar-refractivity contribution in [1.29, 1.82) is 5.26 Å². The summed E-state index contributed by atoms with van der Waals surface area (Å²) in [7, 11) is 0. The fraction of sp³-hybridized carbons (Fsp3) is 0.950. The van der Waals surface area contributed by atoms with Gasteiger partial charge in [-0.3, -0.25) is 0 Å². The van der Waals surface area contributed by atoms with Crippen LogP contribution in [0.15, 0.2) is 0 Å². The lowest BCUT2D eigenvalue weighted by molar-refractivity contribution is 0.136. The van der Waals surface area contributed by atoms with Gasteiger partial charge in [0.15, 0.2) is 0 Å². The normalized spacial score (nSPS) is 18.6. The maximum atomic E-state index is 6.50. The van der Waals surface area contributed by atoms with E-state index in [9.17, 15) is 0 Å². The number of nitriles is 1. The van der Waals surface area contributed by atoms with E-state index in [0.717, 1.165) is 6.04 Å². The van der Waals surface area contributed by atoms with Crippen LogP contribution in [0.25, 0.3) is 0 Å². The van der Waals surface area contributed by atoms with Gasteiger partial charge in [-0.1, -0.05) is 78.1 Å². The van der Waals surface area contributed by atoms with E-state index in [4.69, 9.17) is 5.26 Å². The predicted molar refractivity (Wildman–Crippen MR) is 98.0 cm³/mol. The summed E-state index contributed by atoms with van der Waals surface area (Å²) in [5, 5.41) is 6.50. The largest absolute Gasteiger partial charge is 0.300 e. The first-order valence-electron chi connectivity index (χ1n) is 9.88. The average molecular weight is 309 g/mol. The van der Waals surface area contributed by atoms with Crippen molar-refractivity contribution in [2.45, 2.75) is 110 Å². The summed E-state index contributed by atoms with van der Waals surface area (Å²) in [6.45, 7) is 10.9. The molecule has 130 valence electrons. The number of hydrogen-bond donors (Lipinski definition) is 0. The van der Waals surface area contributed by atoms with E-state index < -0.39 is 0 Å². The molecule has 1 aliphatic rings. The number of hydrogen-bond acceptors (Lipinski definition) is 2. The highest BCUT2D eigenvalue weighted by molar-refractivity contribution is 4.76. The summed E-state index contributed by atoms with van der Waals surface area (Å²) in [6.07, 6.45) is 20.2. The lowest BCUT2D eigenvalue weighted by Crippen LogP contribution is -2.39. The molecule has 1 fully saturated rings. The van der Waals surface area contributed by atoms with Crippen LogP contribution >= 0.6 is 0 Å². The first-order chi connectivity index (χ1) is 10.9. The summed E-state index contributed by atoms with van der Waals surface area (Å²) in [4.78, 5) is 2.80. The summed E-state index contributed by atoms with van der Waals surface area (Å²) >= 11 is 0. The Morgan fingerprint density at radius 1 is 0.818 bits per heavy atom. The highest BCUT2D eigenvalue weighted by atomic mass is 15.2. The van der Waals surface area contributed by atoms with Gasteiger partial charge in [0.05, 0.1) is 0 Å². The molecule has 0 spiro atoms. The van der Waals surface area contributed by atoms with E-state index in [2.05, 4.69) is 25.3 Å². The van der Waals surface area contributed by atoms with Crippen LogP contribution in [0.1, 0.15) is 104 Å². The Morgan fingerprint density at radius 3 is 2.00 bits per heavy atom. The lowest BCUT2D eigenvalue weighted by atomic mass is 9.97. The van der Waals surface area contributed by atoms with Crippen molar-refractivity contribution in [2.24, 2.45) is 0 Å². The molecule has 1 aliphatic heterocycles. The Balaban J connectivity index is 0.00000211. The van der Waals surface area contributed by atoms with Crippen LogP contribution in [-0.4, -0.2) is 24.0 Å². The molecule has 2 heteroatoms. The van der Waals surface area contributed by atoms with E-state index >= 15 is 0 Å². The summed E-state index contributed by atoms with van der Waals surface area (Å²) in [6, 6.07) is 0.919. The molecular weight excluding hydrogens is 268 g/mol. The summed E-state index contributed by atoms with van der Waals surface area (Å²) in [5.74, 6) is 0. The van der Waals surface area contributed by atoms with Crippen LogP contribution in [0.2, 0.25) is 0 Å². The van der Waals surface area contributed by atoms with E-state index in [0.29, 0.717) is 0 Å². The fourth-order valence-electron chi connectivity index (χ4n) is 3.64. The first-order valence-corrected chi connectivity index (χ1v) is 9.88. The monoisotopic (exact) mass is 308 g/mol. The van der Waals surface area contributed by atoms with Crippen LogP contribution in [0.3, 0.4) is 0 Å². The third-order valence-corrected chi connectivity index (χ3v) is 4.92. The van der Waals surface area contributed by atoms with E-state index in [1.54, 1.807) is 0 Å². The van der Waals surface area contributed by atoms with Gasteiger partial charge in [0.25, 0.3) is 0 Å². The van der Waals surface area contributed by atoms with Crippen molar-refractivity contribution in [3.05, 3.63) is 0 Å². The molecule has 1 saturated heterocycles. The molecule has 22 heavy (non-hydrogen) atoms. The third-order valence-electron chi connectivity index (χ3n) is 4.92. The number of likely N-dealkylation sites (tertiary alicyclic amines) is 1. The molecule has 2 nitrogen and oxygen atoms in total. The topological polar surface area (TPSA) is 27.0 Å². The number of nitrogens with zero attached hydrogens (tertiary/aromatic N) is 2. The molecule has 0 saturated carbocycles. The molecule has 0 aliphatic carbocycles. The van der Waals surface area contributed by atoms with Gasteiger partial charge < -0.3 is 4.90 Å². The molecule has 1 atom stereocenters. The zero-order valence-corrected chi connectivity index (χ0v) is 15.4. The van der Waals surface area contributed by atoms with Gasteiger partial charge in [0.2, 0.25) is 0 Å². The molecule has 0 radical (unpaired) electrons. The summed E-state index contributed by atoms with van der Waals surface area (Å²) in [5.41, 5.74) is 0. The van der Waals surface area contributed by atoms with Crippen LogP contribution in [0, 0.1) is 11.8 Å². The SMILES string of the molecule is C#N.CCCCCCCCCCCN1CCCCC1CCC.